The molecule has 1 fully saturated rings. The van der Waals surface area contributed by atoms with Crippen LogP contribution >= 0.6 is 11.6 Å². The topological polar surface area (TPSA) is 69.6 Å². The molecule has 0 unspecified atom stereocenters. The Morgan fingerprint density at radius 1 is 1.03 bits per heavy atom. The van der Waals surface area contributed by atoms with Crippen molar-refractivity contribution in [3.63, 3.8) is 0 Å². The molecule has 0 bridgehead atoms. The minimum Gasteiger partial charge on any atom is -0.385 e. The molecule has 2 amide bonds. The Hall–Kier alpha value is -2.37. The molecular formula is C23H27ClN2O3. The third-order valence-electron chi connectivity index (χ3n) is 5.54. The molecule has 3 rings (SSSR count). The van der Waals surface area contributed by atoms with E-state index in [1.165, 1.54) is 0 Å². The quantitative estimate of drug-likeness (QED) is 0.785. The average molecular weight is 415 g/mol. The van der Waals surface area contributed by atoms with Crippen LogP contribution in [0.3, 0.4) is 0 Å². The van der Waals surface area contributed by atoms with Crippen LogP contribution in [0.1, 0.15) is 42.6 Å². The SMILES string of the molecule is CC(C)[C@@H](NC(=O)c1ccccc1)C(=O)N1CCC(O)(c2ccc(Cl)cc2)CC1. The van der Waals surface area contributed by atoms with Gasteiger partial charge in [-0.25, -0.2) is 0 Å². The number of benzene rings is 2. The highest BCUT2D eigenvalue weighted by molar-refractivity contribution is 6.30. The number of nitrogens with one attached hydrogen (secondary N) is 1. The van der Waals surface area contributed by atoms with Crippen molar-refractivity contribution in [2.45, 2.75) is 38.3 Å². The van der Waals surface area contributed by atoms with E-state index < -0.39 is 11.6 Å². The Labute approximate surface area is 176 Å². The second kappa shape index (κ2) is 8.97. The van der Waals surface area contributed by atoms with Crippen LogP contribution in [0.4, 0.5) is 0 Å². The maximum atomic E-state index is 13.1. The zero-order valence-corrected chi connectivity index (χ0v) is 17.5. The van der Waals surface area contributed by atoms with Gasteiger partial charge in [0.25, 0.3) is 5.91 Å². The van der Waals surface area contributed by atoms with E-state index in [9.17, 15) is 14.7 Å². The van der Waals surface area contributed by atoms with Crippen LogP contribution < -0.4 is 5.32 Å². The summed E-state index contributed by atoms with van der Waals surface area (Å²) in [6.45, 7) is 4.70. The van der Waals surface area contributed by atoms with Gasteiger partial charge in [-0.15, -0.1) is 0 Å². The Balaban J connectivity index is 1.65. The lowest BCUT2D eigenvalue weighted by Crippen LogP contribution is -2.54. The molecule has 1 aliphatic heterocycles. The number of amides is 2. The van der Waals surface area contributed by atoms with Crippen LogP contribution in [0.5, 0.6) is 0 Å². The van der Waals surface area contributed by atoms with Gasteiger partial charge < -0.3 is 15.3 Å². The predicted molar refractivity (Wildman–Crippen MR) is 114 cm³/mol. The lowest BCUT2D eigenvalue weighted by atomic mass is 9.84. The maximum Gasteiger partial charge on any atom is 0.251 e. The van der Waals surface area contributed by atoms with Gasteiger partial charge in [0, 0.05) is 23.7 Å². The van der Waals surface area contributed by atoms with Crippen LogP contribution in [0.15, 0.2) is 54.6 Å². The number of likely N-dealkylation sites (tertiary alicyclic amines) is 1. The molecule has 2 aromatic rings. The van der Waals surface area contributed by atoms with E-state index >= 15 is 0 Å². The predicted octanol–water partition coefficient (Wildman–Crippen LogP) is 3.60. The molecule has 1 saturated heterocycles. The maximum absolute atomic E-state index is 13.1. The molecule has 2 aromatic carbocycles. The van der Waals surface area contributed by atoms with Crippen molar-refractivity contribution in [1.29, 1.82) is 0 Å². The smallest absolute Gasteiger partial charge is 0.251 e. The summed E-state index contributed by atoms with van der Waals surface area (Å²) >= 11 is 5.94. The molecule has 1 atom stereocenters. The summed E-state index contributed by atoms with van der Waals surface area (Å²) in [4.78, 5) is 27.4. The number of carbonyl (C=O) groups excluding carboxylic acids is 2. The fraction of sp³-hybridized carbons (Fsp3) is 0.391. The third kappa shape index (κ3) is 4.98. The zero-order valence-electron chi connectivity index (χ0n) is 16.8. The number of carbonyl (C=O) groups is 2. The average Bonchev–Trinajstić information content (AvgIpc) is 2.72. The van der Waals surface area contributed by atoms with Crippen molar-refractivity contribution in [2.24, 2.45) is 5.92 Å². The van der Waals surface area contributed by atoms with Crippen molar-refractivity contribution >= 4 is 23.4 Å². The molecule has 0 aromatic heterocycles. The van der Waals surface area contributed by atoms with Crippen molar-refractivity contribution < 1.29 is 14.7 Å². The normalized spacial score (nSPS) is 17.1. The Morgan fingerprint density at radius 2 is 1.62 bits per heavy atom. The number of halogens is 1. The molecule has 0 spiro atoms. The highest BCUT2D eigenvalue weighted by Gasteiger charge is 2.38. The first kappa shape index (κ1) is 21.3. The lowest BCUT2D eigenvalue weighted by molar-refractivity contribution is -0.138. The van der Waals surface area contributed by atoms with Gasteiger partial charge in [0.05, 0.1) is 5.60 Å². The van der Waals surface area contributed by atoms with E-state index in [1.54, 1.807) is 41.3 Å². The lowest BCUT2D eigenvalue weighted by Gasteiger charge is -2.40. The number of aliphatic hydroxyl groups is 1. The van der Waals surface area contributed by atoms with Gasteiger partial charge in [0.15, 0.2) is 0 Å². The summed E-state index contributed by atoms with van der Waals surface area (Å²) in [5, 5.41) is 14.5. The fourth-order valence-electron chi connectivity index (χ4n) is 3.67. The summed E-state index contributed by atoms with van der Waals surface area (Å²) in [5.41, 5.74) is 0.371. The molecule has 6 heteroatoms. The first-order valence-electron chi connectivity index (χ1n) is 9.93. The summed E-state index contributed by atoms with van der Waals surface area (Å²) in [6, 6.07) is 15.5. The standard InChI is InChI=1S/C23H27ClN2O3/c1-16(2)20(25-21(27)17-6-4-3-5-7-17)22(28)26-14-12-23(29,13-15-26)18-8-10-19(24)11-9-18/h3-11,16,20,29H,12-15H2,1-2H3,(H,25,27)/t20-/m1/s1. The van der Waals surface area contributed by atoms with E-state index in [0.717, 1.165) is 5.56 Å². The molecule has 0 saturated carbocycles. The van der Waals surface area contributed by atoms with Crippen LogP contribution in [0, 0.1) is 5.92 Å². The van der Waals surface area contributed by atoms with Gasteiger partial charge in [-0.05, 0) is 48.6 Å². The highest BCUT2D eigenvalue weighted by atomic mass is 35.5. The van der Waals surface area contributed by atoms with E-state index in [2.05, 4.69) is 5.32 Å². The van der Waals surface area contributed by atoms with Gasteiger partial charge >= 0.3 is 0 Å². The van der Waals surface area contributed by atoms with Crippen molar-refractivity contribution in [3.05, 3.63) is 70.7 Å². The summed E-state index contributed by atoms with van der Waals surface area (Å²) < 4.78 is 0. The van der Waals surface area contributed by atoms with E-state index in [4.69, 9.17) is 11.6 Å². The molecule has 0 radical (unpaired) electrons. The molecule has 29 heavy (non-hydrogen) atoms. The zero-order chi connectivity index (χ0) is 21.0. The second-order valence-electron chi connectivity index (χ2n) is 7.92. The number of nitrogens with zero attached hydrogens (tertiary/aromatic N) is 1. The fourth-order valence-corrected chi connectivity index (χ4v) is 3.80. The van der Waals surface area contributed by atoms with E-state index in [-0.39, 0.29) is 17.7 Å². The molecule has 1 aliphatic rings. The van der Waals surface area contributed by atoms with Gasteiger partial charge in [0.1, 0.15) is 6.04 Å². The minimum absolute atomic E-state index is 0.0489. The van der Waals surface area contributed by atoms with E-state index in [1.807, 2.05) is 32.0 Å². The minimum atomic E-state index is -0.970. The van der Waals surface area contributed by atoms with Crippen LogP contribution in [0.25, 0.3) is 0 Å². The molecule has 2 N–H and O–H groups in total. The van der Waals surface area contributed by atoms with Crippen molar-refractivity contribution in [2.75, 3.05) is 13.1 Å². The van der Waals surface area contributed by atoms with Gasteiger partial charge in [-0.3, -0.25) is 9.59 Å². The van der Waals surface area contributed by atoms with Gasteiger partial charge in [-0.2, -0.15) is 0 Å². The first-order chi connectivity index (χ1) is 13.8. The second-order valence-corrected chi connectivity index (χ2v) is 8.36. The van der Waals surface area contributed by atoms with E-state index in [0.29, 0.717) is 36.5 Å². The monoisotopic (exact) mass is 414 g/mol. The summed E-state index contributed by atoms with van der Waals surface area (Å²) in [6.07, 6.45) is 0.885. The van der Waals surface area contributed by atoms with Gasteiger partial charge in [0.2, 0.25) is 5.91 Å². The molecule has 1 heterocycles. The number of rotatable bonds is 5. The molecule has 154 valence electrons. The number of hydrogen-bond acceptors (Lipinski definition) is 3. The number of piperidine rings is 1. The largest absolute Gasteiger partial charge is 0.385 e. The Kier molecular flexibility index (Phi) is 6.60. The summed E-state index contributed by atoms with van der Waals surface area (Å²) in [7, 11) is 0. The van der Waals surface area contributed by atoms with Crippen LogP contribution in [-0.2, 0) is 10.4 Å². The summed E-state index contributed by atoms with van der Waals surface area (Å²) in [5.74, 6) is -0.415. The third-order valence-corrected chi connectivity index (χ3v) is 5.79. The highest BCUT2D eigenvalue weighted by Crippen LogP contribution is 2.33. The molecule has 5 nitrogen and oxygen atoms in total. The Bertz CT molecular complexity index is 844. The molecule has 0 aliphatic carbocycles. The van der Waals surface area contributed by atoms with Crippen molar-refractivity contribution in [1.82, 2.24) is 10.2 Å². The van der Waals surface area contributed by atoms with Crippen molar-refractivity contribution in [3.8, 4) is 0 Å². The number of hydrogen-bond donors (Lipinski definition) is 2. The van der Waals surface area contributed by atoms with Crippen LogP contribution in [-0.4, -0.2) is 41.0 Å². The van der Waals surface area contributed by atoms with Crippen LogP contribution in [0.2, 0.25) is 5.02 Å². The first-order valence-corrected chi connectivity index (χ1v) is 10.3. The molecular weight excluding hydrogens is 388 g/mol. The Morgan fingerprint density at radius 3 is 2.17 bits per heavy atom. The van der Waals surface area contributed by atoms with Gasteiger partial charge in [-0.1, -0.05) is 55.8 Å².